The summed E-state index contributed by atoms with van der Waals surface area (Å²) < 4.78 is 0.895. The van der Waals surface area contributed by atoms with Crippen LogP contribution in [0.25, 0.3) is 0 Å². The standard InChI is InChI=1S/C19H17BrN4O/c1-12-6-3-4-9-16(12)23-19-21-13(2)10-17(24-19)18(25)22-15-8-5-7-14(20)11-15/h3-11H,1-2H3,(H,22,25)(H,21,23,24). The number of hydrogen-bond acceptors (Lipinski definition) is 4. The molecule has 25 heavy (non-hydrogen) atoms. The first-order valence-electron chi connectivity index (χ1n) is 7.76. The van der Waals surface area contributed by atoms with Crippen molar-refractivity contribution in [3.63, 3.8) is 0 Å². The van der Waals surface area contributed by atoms with Crippen molar-refractivity contribution >= 4 is 39.2 Å². The molecular formula is C19H17BrN4O. The van der Waals surface area contributed by atoms with Crippen molar-refractivity contribution in [3.05, 3.63) is 76.0 Å². The Morgan fingerprint density at radius 1 is 1.00 bits per heavy atom. The number of amides is 1. The molecule has 5 nitrogen and oxygen atoms in total. The number of rotatable bonds is 4. The van der Waals surface area contributed by atoms with E-state index in [2.05, 4.69) is 36.5 Å². The van der Waals surface area contributed by atoms with Gasteiger partial charge in [-0.1, -0.05) is 40.2 Å². The topological polar surface area (TPSA) is 66.9 Å². The highest BCUT2D eigenvalue weighted by molar-refractivity contribution is 9.10. The second kappa shape index (κ2) is 7.44. The smallest absolute Gasteiger partial charge is 0.274 e. The SMILES string of the molecule is Cc1cc(C(=O)Nc2cccc(Br)c2)nc(Nc2ccccc2C)n1. The Morgan fingerprint density at radius 2 is 1.80 bits per heavy atom. The number of nitrogens with zero attached hydrogens (tertiary/aromatic N) is 2. The molecule has 1 amide bonds. The Morgan fingerprint density at radius 3 is 2.56 bits per heavy atom. The van der Waals surface area contributed by atoms with E-state index < -0.39 is 0 Å². The van der Waals surface area contributed by atoms with Crippen LogP contribution < -0.4 is 10.6 Å². The van der Waals surface area contributed by atoms with Crippen molar-refractivity contribution in [3.8, 4) is 0 Å². The summed E-state index contributed by atoms with van der Waals surface area (Å²) in [4.78, 5) is 21.2. The average Bonchev–Trinajstić information content (AvgIpc) is 2.56. The molecular weight excluding hydrogens is 380 g/mol. The third-order valence-electron chi connectivity index (χ3n) is 3.56. The normalized spacial score (nSPS) is 10.4. The second-order valence-electron chi connectivity index (χ2n) is 5.62. The van der Waals surface area contributed by atoms with Gasteiger partial charge in [-0.2, -0.15) is 0 Å². The lowest BCUT2D eigenvalue weighted by atomic mass is 10.2. The van der Waals surface area contributed by atoms with Crippen molar-refractivity contribution in [1.29, 1.82) is 0 Å². The van der Waals surface area contributed by atoms with Crippen molar-refractivity contribution in [2.45, 2.75) is 13.8 Å². The molecule has 1 aromatic heterocycles. The third-order valence-corrected chi connectivity index (χ3v) is 4.05. The Bertz CT molecular complexity index is 927. The lowest BCUT2D eigenvalue weighted by Crippen LogP contribution is -2.15. The number of aromatic nitrogens is 2. The van der Waals surface area contributed by atoms with E-state index in [4.69, 9.17) is 0 Å². The fourth-order valence-corrected chi connectivity index (χ4v) is 2.73. The Kier molecular flexibility index (Phi) is 5.09. The molecule has 0 spiro atoms. The summed E-state index contributed by atoms with van der Waals surface area (Å²) in [5, 5.41) is 6.01. The Balaban J connectivity index is 1.83. The van der Waals surface area contributed by atoms with E-state index in [1.165, 1.54) is 0 Å². The summed E-state index contributed by atoms with van der Waals surface area (Å²) in [6.07, 6.45) is 0. The highest BCUT2D eigenvalue weighted by atomic mass is 79.9. The molecule has 0 saturated heterocycles. The molecule has 0 saturated carbocycles. The summed E-state index contributed by atoms with van der Waals surface area (Å²) in [5.41, 5.74) is 3.71. The van der Waals surface area contributed by atoms with Crippen molar-refractivity contribution in [1.82, 2.24) is 9.97 Å². The molecule has 2 N–H and O–H groups in total. The maximum Gasteiger partial charge on any atom is 0.274 e. The van der Waals surface area contributed by atoms with Gasteiger partial charge in [0.2, 0.25) is 5.95 Å². The van der Waals surface area contributed by atoms with Gasteiger partial charge in [-0.05, 0) is 49.7 Å². The number of hydrogen-bond donors (Lipinski definition) is 2. The molecule has 0 aliphatic carbocycles. The van der Waals surface area contributed by atoms with Crippen LogP contribution in [0.1, 0.15) is 21.7 Å². The third kappa shape index (κ3) is 4.42. The first kappa shape index (κ1) is 17.1. The van der Waals surface area contributed by atoms with Crippen LogP contribution in [-0.4, -0.2) is 15.9 Å². The molecule has 126 valence electrons. The van der Waals surface area contributed by atoms with E-state index in [0.29, 0.717) is 23.0 Å². The maximum atomic E-state index is 12.5. The monoisotopic (exact) mass is 396 g/mol. The van der Waals surface area contributed by atoms with Gasteiger partial charge in [0, 0.05) is 21.5 Å². The molecule has 1 heterocycles. The zero-order valence-electron chi connectivity index (χ0n) is 13.9. The van der Waals surface area contributed by atoms with Crippen LogP contribution in [0.2, 0.25) is 0 Å². The van der Waals surface area contributed by atoms with Crippen LogP contribution >= 0.6 is 15.9 Å². The number of nitrogens with one attached hydrogen (secondary N) is 2. The fourth-order valence-electron chi connectivity index (χ4n) is 2.34. The lowest BCUT2D eigenvalue weighted by Gasteiger charge is -2.10. The van der Waals surface area contributed by atoms with Crippen LogP contribution in [0.15, 0.2) is 59.1 Å². The molecule has 3 aromatic rings. The van der Waals surface area contributed by atoms with Gasteiger partial charge in [-0.3, -0.25) is 4.79 Å². The van der Waals surface area contributed by atoms with Crippen LogP contribution in [0.4, 0.5) is 17.3 Å². The van der Waals surface area contributed by atoms with Crippen LogP contribution in [0.3, 0.4) is 0 Å². The summed E-state index contributed by atoms with van der Waals surface area (Å²) in [5.74, 6) is 0.116. The number of benzene rings is 2. The molecule has 0 aliphatic rings. The van der Waals surface area contributed by atoms with Crippen LogP contribution in [0.5, 0.6) is 0 Å². The van der Waals surface area contributed by atoms with Crippen LogP contribution in [-0.2, 0) is 0 Å². The number of carbonyl (C=O) groups excluding carboxylic acids is 1. The largest absolute Gasteiger partial charge is 0.324 e. The van der Waals surface area contributed by atoms with Gasteiger partial charge in [0.05, 0.1) is 0 Å². The average molecular weight is 397 g/mol. The first-order chi connectivity index (χ1) is 12.0. The second-order valence-corrected chi connectivity index (χ2v) is 6.54. The number of halogens is 1. The number of anilines is 3. The molecule has 0 unspecified atom stereocenters. The van der Waals surface area contributed by atoms with E-state index in [9.17, 15) is 4.79 Å². The molecule has 0 bridgehead atoms. The Labute approximate surface area is 154 Å². The minimum absolute atomic E-state index is 0.281. The van der Waals surface area contributed by atoms with Gasteiger partial charge in [-0.25, -0.2) is 9.97 Å². The fraction of sp³-hybridized carbons (Fsp3) is 0.105. The number of aryl methyl sites for hydroxylation is 2. The van der Waals surface area contributed by atoms with E-state index >= 15 is 0 Å². The molecule has 0 radical (unpaired) electrons. The predicted octanol–water partition coefficient (Wildman–Crippen LogP) is 4.85. The van der Waals surface area contributed by atoms with Gasteiger partial charge in [0.25, 0.3) is 5.91 Å². The molecule has 0 fully saturated rings. The van der Waals surface area contributed by atoms with Crippen LogP contribution in [0, 0.1) is 13.8 Å². The number of carbonyl (C=O) groups is 1. The minimum Gasteiger partial charge on any atom is -0.324 e. The summed E-state index contributed by atoms with van der Waals surface area (Å²) in [6.45, 7) is 3.83. The summed E-state index contributed by atoms with van der Waals surface area (Å²) >= 11 is 3.39. The predicted molar refractivity (Wildman–Crippen MR) is 103 cm³/mol. The van der Waals surface area contributed by atoms with Gasteiger partial charge in [-0.15, -0.1) is 0 Å². The van der Waals surface area contributed by atoms with Gasteiger partial charge < -0.3 is 10.6 Å². The van der Waals surface area contributed by atoms with E-state index in [1.54, 1.807) is 6.07 Å². The molecule has 0 aliphatic heterocycles. The van der Waals surface area contributed by atoms with E-state index in [-0.39, 0.29) is 5.91 Å². The molecule has 2 aromatic carbocycles. The van der Waals surface area contributed by atoms with Crippen molar-refractivity contribution < 1.29 is 4.79 Å². The zero-order valence-corrected chi connectivity index (χ0v) is 15.5. The van der Waals surface area contributed by atoms with Crippen molar-refractivity contribution in [2.75, 3.05) is 10.6 Å². The maximum absolute atomic E-state index is 12.5. The Hall–Kier alpha value is -2.73. The summed E-state index contributed by atoms with van der Waals surface area (Å²) in [6, 6.07) is 16.9. The van der Waals surface area contributed by atoms with E-state index in [0.717, 1.165) is 15.7 Å². The first-order valence-corrected chi connectivity index (χ1v) is 8.56. The highest BCUT2D eigenvalue weighted by Gasteiger charge is 2.12. The molecule has 0 atom stereocenters. The lowest BCUT2D eigenvalue weighted by molar-refractivity contribution is 0.102. The zero-order chi connectivity index (χ0) is 17.8. The van der Waals surface area contributed by atoms with E-state index in [1.807, 2.05) is 62.4 Å². The summed E-state index contributed by atoms with van der Waals surface area (Å²) in [7, 11) is 0. The van der Waals surface area contributed by atoms with Gasteiger partial charge in [0.1, 0.15) is 5.69 Å². The minimum atomic E-state index is -0.281. The highest BCUT2D eigenvalue weighted by Crippen LogP contribution is 2.19. The van der Waals surface area contributed by atoms with Gasteiger partial charge in [0.15, 0.2) is 0 Å². The quantitative estimate of drug-likeness (QED) is 0.661. The van der Waals surface area contributed by atoms with Crippen molar-refractivity contribution in [2.24, 2.45) is 0 Å². The van der Waals surface area contributed by atoms with Gasteiger partial charge >= 0.3 is 0 Å². The number of para-hydroxylation sites is 1. The molecule has 3 rings (SSSR count). The molecule has 6 heteroatoms.